The molecule has 4 nitrogen and oxygen atoms in total. The van der Waals surface area contributed by atoms with Crippen molar-refractivity contribution in [2.45, 2.75) is 46.1 Å². The van der Waals surface area contributed by atoms with Gasteiger partial charge in [-0.2, -0.15) is 0 Å². The molecule has 1 aliphatic heterocycles. The number of aromatic nitrogens is 2. The van der Waals surface area contributed by atoms with E-state index in [4.69, 9.17) is 16.6 Å². The molecule has 1 fully saturated rings. The molecule has 0 saturated carbocycles. The summed E-state index contributed by atoms with van der Waals surface area (Å²) in [6.45, 7) is 8.00. The normalized spacial score (nSPS) is 14.2. The standard InChI is InChI=1S/C24H28ClN3O.ClH/c1-3-28-23-20(12-11-17(2)26-23)22(18-8-6-9-19(25)16-18)21(24(28)29)10-7-15-27-13-4-5-14-27;/h6,8-9,11-12,16H,3-5,7,10,13-15H2,1-2H3;1H. The average molecular weight is 446 g/mol. The Bertz CT molecular complexity index is 1090. The van der Waals surface area contributed by atoms with Crippen molar-refractivity contribution in [1.82, 2.24) is 14.5 Å². The number of aryl methyl sites for hydroxylation is 2. The largest absolute Gasteiger partial charge is 0.303 e. The number of hydrogen-bond acceptors (Lipinski definition) is 3. The van der Waals surface area contributed by atoms with Crippen LogP contribution in [0.4, 0.5) is 0 Å². The molecule has 0 unspecified atom stereocenters. The lowest BCUT2D eigenvalue weighted by Gasteiger charge is -2.19. The molecule has 4 rings (SSSR count). The Morgan fingerprint density at radius 1 is 1.13 bits per heavy atom. The molecule has 6 heteroatoms. The SMILES string of the molecule is CCn1c(=O)c(CCCN2CCCC2)c(-c2cccc(Cl)c2)c2ccc(C)nc21.Cl. The first-order valence-electron chi connectivity index (χ1n) is 10.6. The highest BCUT2D eigenvalue weighted by atomic mass is 35.5. The number of nitrogens with zero attached hydrogens (tertiary/aromatic N) is 3. The van der Waals surface area contributed by atoms with E-state index in [0.717, 1.165) is 52.8 Å². The van der Waals surface area contributed by atoms with Gasteiger partial charge in [0, 0.05) is 33.8 Å². The van der Waals surface area contributed by atoms with Gasteiger partial charge in [0.15, 0.2) is 0 Å². The van der Waals surface area contributed by atoms with E-state index in [1.807, 2.05) is 48.7 Å². The molecule has 0 N–H and O–H groups in total. The van der Waals surface area contributed by atoms with E-state index in [-0.39, 0.29) is 18.0 Å². The molecule has 0 bridgehead atoms. The van der Waals surface area contributed by atoms with Crippen LogP contribution in [-0.4, -0.2) is 34.1 Å². The zero-order valence-electron chi connectivity index (χ0n) is 17.7. The third-order valence-electron chi connectivity index (χ3n) is 5.87. The molecule has 0 amide bonds. The Morgan fingerprint density at radius 3 is 2.60 bits per heavy atom. The Kier molecular flexibility index (Phi) is 7.56. The van der Waals surface area contributed by atoms with Crippen LogP contribution in [0.25, 0.3) is 22.2 Å². The van der Waals surface area contributed by atoms with E-state index in [2.05, 4.69) is 11.0 Å². The quantitative estimate of drug-likeness (QED) is 0.502. The molecule has 1 aromatic carbocycles. The highest BCUT2D eigenvalue weighted by Gasteiger charge is 2.19. The summed E-state index contributed by atoms with van der Waals surface area (Å²) in [4.78, 5) is 20.7. The fourth-order valence-electron chi connectivity index (χ4n) is 4.46. The molecule has 0 aliphatic carbocycles. The Balaban J connectivity index is 0.00000256. The number of benzene rings is 1. The molecule has 1 aliphatic rings. The minimum atomic E-state index is 0. The van der Waals surface area contributed by atoms with Crippen molar-refractivity contribution < 1.29 is 0 Å². The smallest absolute Gasteiger partial charge is 0.256 e. The van der Waals surface area contributed by atoms with Crippen LogP contribution < -0.4 is 5.56 Å². The van der Waals surface area contributed by atoms with Gasteiger partial charge < -0.3 is 4.90 Å². The second kappa shape index (κ2) is 9.95. The summed E-state index contributed by atoms with van der Waals surface area (Å²) >= 11 is 6.31. The maximum absolute atomic E-state index is 13.5. The van der Waals surface area contributed by atoms with Gasteiger partial charge in [-0.3, -0.25) is 9.36 Å². The van der Waals surface area contributed by atoms with Crippen LogP contribution in [0.3, 0.4) is 0 Å². The fraction of sp³-hybridized carbons (Fsp3) is 0.417. The molecule has 0 spiro atoms. The lowest BCUT2D eigenvalue weighted by atomic mass is 9.94. The molecule has 30 heavy (non-hydrogen) atoms. The Labute approximate surface area is 189 Å². The van der Waals surface area contributed by atoms with Gasteiger partial charge in [-0.25, -0.2) is 4.98 Å². The van der Waals surface area contributed by atoms with E-state index in [0.29, 0.717) is 11.6 Å². The maximum Gasteiger partial charge on any atom is 0.256 e. The van der Waals surface area contributed by atoms with Crippen molar-refractivity contribution >= 4 is 35.0 Å². The molecular formula is C24H29Cl2N3O. The minimum Gasteiger partial charge on any atom is -0.303 e. The third-order valence-corrected chi connectivity index (χ3v) is 6.11. The summed E-state index contributed by atoms with van der Waals surface area (Å²) in [6.07, 6.45) is 4.33. The van der Waals surface area contributed by atoms with Crippen molar-refractivity contribution in [2.75, 3.05) is 19.6 Å². The van der Waals surface area contributed by atoms with E-state index < -0.39 is 0 Å². The van der Waals surface area contributed by atoms with Gasteiger partial charge in [-0.05, 0) is 89.0 Å². The van der Waals surface area contributed by atoms with E-state index >= 15 is 0 Å². The van der Waals surface area contributed by atoms with Crippen LogP contribution in [0.15, 0.2) is 41.2 Å². The Morgan fingerprint density at radius 2 is 1.90 bits per heavy atom. The van der Waals surface area contributed by atoms with Gasteiger partial charge in [-0.15, -0.1) is 12.4 Å². The summed E-state index contributed by atoms with van der Waals surface area (Å²) < 4.78 is 1.82. The molecule has 160 valence electrons. The third kappa shape index (κ3) is 4.56. The van der Waals surface area contributed by atoms with E-state index in [1.54, 1.807) is 0 Å². The second-order valence-corrected chi connectivity index (χ2v) is 8.33. The first kappa shape index (κ1) is 22.8. The molecular weight excluding hydrogens is 417 g/mol. The van der Waals surface area contributed by atoms with Gasteiger partial charge in [0.25, 0.3) is 5.56 Å². The molecule has 1 saturated heterocycles. The zero-order valence-corrected chi connectivity index (χ0v) is 19.2. The van der Waals surface area contributed by atoms with Crippen molar-refractivity contribution in [1.29, 1.82) is 0 Å². The molecule has 0 radical (unpaired) electrons. The predicted octanol–water partition coefficient (Wildman–Crippen LogP) is 5.50. The number of rotatable bonds is 6. The molecule has 0 atom stereocenters. The molecule has 3 aromatic rings. The first-order valence-corrected chi connectivity index (χ1v) is 11.0. The van der Waals surface area contributed by atoms with Gasteiger partial charge in [0.2, 0.25) is 0 Å². The predicted molar refractivity (Wildman–Crippen MR) is 128 cm³/mol. The van der Waals surface area contributed by atoms with Gasteiger partial charge >= 0.3 is 0 Å². The average Bonchev–Trinajstić information content (AvgIpc) is 3.22. The van der Waals surface area contributed by atoms with Gasteiger partial charge in [-0.1, -0.05) is 23.7 Å². The molecule has 3 heterocycles. The van der Waals surface area contributed by atoms with Crippen molar-refractivity contribution in [3.63, 3.8) is 0 Å². The molecule has 2 aromatic heterocycles. The maximum atomic E-state index is 13.5. The summed E-state index contributed by atoms with van der Waals surface area (Å²) in [5, 5.41) is 1.70. The number of fused-ring (bicyclic) bond motifs is 1. The highest BCUT2D eigenvalue weighted by molar-refractivity contribution is 6.30. The number of pyridine rings is 2. The monoisotopic (exact) mass is 445 g/mol. The van der Waals surface area contributed by atoms with Crippen molar-refractivity contribution in [3.8, 4) is 11.1 Å². The number of likely N-dealkylation sites (tertiary alicyclic amines) is 1. The van der Waals surface area contributed by atoms with Gasteiger partial charge in [0.1, 0.15) is 5.65 Å². The lowest BCUT2D eigenvalue weighted by Crippen LogP contribution is -2.27. The van der Waals surface area contributed by atoms with Gasteiger partial charge in [0.05, 0.1) is 0 Å². The van der Waals surface area contributed by atoms with Crippen molar-refractivity contribution in [2.24, 2.45) is 0 Å². The summed E-state index contributed by atoms with van der Waals surface area (Å²) in [5.74, 6) is 0. The van der Waals surface area contributed by atoms with E-state index in [9.17, 15) is 4.79 Å². The van der Waals surface area contributed by atoms with E-state index in [1.165, 1.54) is 25.9 Å². The minimum absolute atomic E-state index is 0. The van der Waals surface area contributed by atoms with Crippen LogP contribution in [0.1, 0.15) is 37.4 Å². The van der Waals surface area contributed by atoms with Crippen LogP contribution in [0, 0.1) is 6.92 Å². The Hall–Kier alpha value is -1.88. The van der Waals surface area contributed by atoms with Crippen LogP contribution in [0.2, 0.25) is 5.02 Å². The summed E-state index contributed by atoms with van der Waals surface area (Å²) in [5.41, 5.74) is 4.62. The zero-order chi connectivity index (χ0) is 20.4. The highest BCUT2D eigenvalue weighted by Crippen LogP contribution is 2.32. The topological polar surface area (TPSA) is 38.1 Å². The summed E-state index contributed by atoms with van der Waals surface area (Å²) in [7, 11) is 0. The van der Waals surface area contributed by atoms with Crippen LogP contribution in [-0.2, 0) is 13.0 Å². The van der Waals surface area contributed by atoms with Crippen LogP contribution >= 0.6 is 24.0 Å². The number of halogens is 2. The summed E-state index contributed by atoms with van der Waals surface area (Å²) in [6, 6.07) is 11.9. The first-order chi connectivity index (χ1) is 14.1. The van der Waals surface area contributed by atoms with Crippen molar-refractivity contribution in [3.05, 3.63) is 63.0 Å². The number of hydrogen-bond donors (Lipinski definition) is 0. The second-order valence-electron chi connectivity index (χ2n) is 7.89. The lowest BCUT2D eigenvalue weighted by molar-refractivity contribution is 0.334. The van der Waals surface area contributed by atoms with Crippen LogP contribution in [0.5, 0.6) is 0 Å². The fourth-order valence-corrected chi connectivity index (χ4v) is 4.65.